The Morgan fingerprint density at radius 3 is 2.57 bits per heavy atom. The number of amides is 1. The standard InChI is InChI=1S/C28H34N8O5S/c1-4-16-41-22-10-9-20(42(39,40)35-14-12-34(5-2)13-15-35)17-21(22)26-31-23-24(27(37)29-3)33-36(25(23)28(38)32-26)18-19-8-6-7-11-30-19/h6-11,17H,4-5,12-16,18H2,1-3H3,(H,29,37)(H,31,32,38). The second-order valence-electron chi connectivity index (χ2n) is 9.86. The smallest absolute Gasteiger partial charge is 0.277 e. The van der Waals surface area contributed by atoms with Gasteiger partial charge in [-0.1, -0.05) is 19.9 Å². The summed E-state index contributed by atoms with van der Waals surface area (Å²) < 4.78 is 36.1. The van der Waals surface area contributed by atoms with Crippen molar-refractivity contribution >= 4 is 27.0 Å². The minimum atomic E-state index is -3.83. The maximum atomic E-state index is 13.6. The summed E-state index contributed by atoms with van der Waals surface area (Å²) in [6, 6.07) is 9.93. The summed E-state index contributed by atoms with van der Waals surface area (Å²) >= 11 is 0. The molecule has 5 rings (SSSR count). The molecule has 0 unspecified atom stereocenters. The fraction of sp³-hybridized carbons (Fsp3) is 0.393. The molecule has 1 aliphatic rings. The first-order chi connectivity index (χ1) is 20.3. The molecule has 1 aromatic carbocycles. The number of sulfonamides is 1. The van der Waals surface area contributed by atoms with Crippen LogP contribution in [0.15, 0.2) is 52.3 Å². The van der Waals surface area contributed by atoms with Crippen molar-refractivity contribution in [3.8, 4) is 17.1 Å². The Balaban J connectivity index is 1.63. The summed E-state index contributed by atoms with van der Waals surface area (Å²) in [5.41, 5.74) is 0.521. The van der Waals surface area contributed by atoms with Gasteiger partial charge in [0.05, 0.1) is 29.3 Å². The monoisotopic (exact) mass is 594 g/mol. The number of hydrogen-bond acceptors (Lipinski definition) is 9. The number of rotatable bonds is 10. The molecule has 42 heavy (non-hydrogen) atoms. The van der Waals surface area contributed by atoms with Crippen molar-refractivity contribution in [2.45, 2.75) is 31.7 Å². The summed E-state index contributed by atoms with van der Waals surface area (Å²) in [4.78, 5) is 40.3. The zero-order valence-electron chi connectivity index (χ0n) is 23.8. The number of ether oxygens (including phenoxy) is 1. The Morgan fingerprint density at radius 2 is 1.90 bits per heavy atom. The van der Waals surface area contributed by atoms with Gasteiger partial charge < -0.3 is 19.9 Å². The van der Waals surface area contributed by atoms with E-state index < -0.39 is 21.5 Å². The molecule has 0 spiro atoms. The van der Waals surface area contributed by atoms with Gasteiger partial charge in [-0.2, -0.15) is 9.40 Å². The number of likely N-dealkylation sites (N-methyl/N-ethyl adjacent to an activating group) is 1. The van der Waals surface area contributed by atoms with Gasteiger partial charge in [0.2, 0.25) is 10.0 Å². The summed E-state index contributed by atoms with van der Waals surface area (Å²) in [5, 5.41) is 6.94. The van der Waals surface area contributed by atoms with E-state index >= 15 is 0 Å². The summed E-state index contributed by atoms with van der Waals surface area (Å²) in [6.07, 6.45) is 2.34. The van der Waals surface area contributed by atoms with Gasteiger partial charge in [-0.3, -0.25) is 19.3 Å². The number of H-pyrrole nitrogens is 1. The van der Waals surface area contributed by atoms with Gasteiger partial charge in [0.1, 0.15) is 17.1 Å². The minimum absolute atomic E-state index is 0.0376. The molecule has 1 fully saturated rings. The zero-order chi connectivity index (χ0) is 29.9. The van der Waals surface area contributed by atoms with Crippen molar-refractivity contribution in [2.24, 2.45) is 0 Å². The lowest BCUT2D eigenvalue weighted by molar-refractivity contribution is 0.0958. The van der Waals surface area contributed by atoms with E-state index in [-0.39, 0.29) is 39.6 Å². The van der Waals surface area contributed by atoms with Crippen molar-refractivity contribution in [3.05, 3.63) is 64.3 Å². The Hall–Kier alpha value is -4.14. The van der Waals surface area contributed by atoms with Gasteiger partial charge in [-0.15, -0.1) is 0 Å². The minimum Gasteiger partial charge on any atom is -0.493 e. The van der Waals surface area contributed by atoms with E-state index in [1.807, 2.05) is 19.9 Å². The van der Waals surface area contributed by atoms with Crippen LogP contribution in [0, 0.1) is 0 Å². The predicted molar refractivity (Wildman–Crippen MR) is 157 cm³/mol. The third-order valence-corrected chi connectivity index (χ3v) is 9.06. The summed E-state index contributed by atoms with van der Waals surface area (Å²) in [6.45, 7) is 7.43. The molecular formula is C28H34N8O5S. The number of aromatic amines is 1. The number of nitrogens with one attached hydrogen (secondary N) is 2. The quantitative estimate of drug-likeness (QED) is 0.279. The van der Waals surface area contributed by atoms with E-state index in [4.69, 9.17) is 4.74 Å². The van der Waals surface area contributed by atoms with Gasteiger partial charge in [-0.25, -0.2) is 13.4 Å². The molecule has 0 saturated carbocycles. The molecule has 1 saturated heterocycles. The van der Waals surface area contributed by atoms with Crippen molar-refractivity contribution < 1.29 is 17.9 Å². The first-order valence-corrected chi connectivity index (χ1v) is 15.3. The lowest BCUT2D eigenvalue weighted by atomic mass is 10.1. The molecule has 3 aromatic heterocycles. The van der Waals surface area contributed by atoms with E-state index in [2.05, 4.69) is 30.3 Å². The van der Waals surface area contributed by atoms with Gasteiger partial charge in [-0.05, 0) is 43.3 Å². The van der Waals surface area contributed by atoms with Gasteiger partial charge in [0, 0.05) is 39.4 Å². The number of carbonyl (C=O) groups is 1. The van der Waals surface area contributed by atoms with Crippen LogP contribution in [0.3, 0.4) is 0 Å². The fourth-order valence-electron chi connectivity index (χ4n) is 4.88. The molecule has 13 nitrogen and oxygen atoms in total. The van der Waals surface area contributed by atoms with Crippen LogP contribution in [0.4, 0.5) is 0 Å². The molecule has 222 valence electrons. The summed E-state index contributed by atoms with van der Waals surface area (Å²) in [7, 11) is -2.36. The van der Waals surface area contributed by atoms with Crippen LogP contribution in [-0.4, -0.2) is 94.6 Å². The Labute approximate surface area is 243 Å². The number of carbonyl (C=O) groups excluding carboxylic acids is 1. The summed E-state index contributed by atoms with van der Waals surface area (Å²) in [5.74, 6) is -0.0979. The highest BCUT2D eigenvalue weighted by Crippen LogP contribution is 2.32. The van der Waals surface area contributed by atoms with Crippen molar-refractivity contribution in [2.75, 3.05) is 46.4 Å². The Kier molecular flexibility index (Phi) is 8.66. The van der Waals surface area contributed by atoms with Crippen LogP contribution < -0.4 is 15.6 Å². The highest BCUT2D eigenvalue weighted by Gasteiger charge is 2.30. The van der Waals surface area contributed by atoms with Gasteiger partial charge >= 0.3 is 0 Å². The van der Waals surface area contributed by atoms with Crippen LogP contribution in [-0.2, 0) is 16.6 Å². The highest BCUT2D eigenvalue weighted by atomic mass is 32.2. The maximum absolute atomic E-state index is 13.6. The van der Waals surface area contributed by atoms with Crippen LogP contribution in [0.1, 0.15) is 36.5 Å². The number of piperazine rings is 1. The Bertz CT molecular complexity index is 1750. The number of fused-ring (bicyclic) bond motifs is 1. The number of hydrogen-bond donors (Lipinski definition) is 2. The van der Waals surface area contributed by atoms with E-state index in [0.29, 0.717) is 50.7 Å². The maximum Gasteiger partial charge on any atom is 0.277 e. The van der Waals surface area contributed by atoms with Crippen molar-refractivity contribution in [1.29, 1.82) is 0 Å². The molecular weight excluding hydrogens is 560 g/mol. The van der Waals surface area contributed by atoms with Crippen molar-refractivity contribution in [1.82, 2.24) is 39.3 Å². The van der Waals surface area contributed by atoms with E-state index in [9.17, 15) is 18.0 Å². The number of pyridine rings is 1. The van der Waals surface area contributed by atoms with Crippen LogP contribution >= 0.6 is 0 Å². The normalized spacial score (nSPS) is 14.7. The molecule has 0 bridgehead atoms. The molecule has 4 aromatic rings. The molecule has 0 radical (unpaired) electrons. The topological polar surface area (TPSA) is 155 Å². The molecule has 1 aliphatic heterocycles. The number of benzene rings is 1. The van der Waals surface area contributed by atoms with Crippen molar-refractivity contribution in [3.63, 3.8) is 0 Å². The highest BCUT2D eigenvalue weighted by molar-refractivity contribution is 7.89. The predicted octanol–water partition coefficient (Wildman–Crippen LogP) is 1.70. The third kappa shape index (κ3) is 5.78. The van der Waals surface area contributed by atoms with Crippen LogP contribution in [0.25, 0.3) is 22.4 Å². The molecule has 2 N–H and O–H groups in total. The lowest BCUT2D eigenvalue weighted by Crippen LogP contribution is -2.48. The molecule has 14 heteroatoms. The van der Waals surface area contributed by atoms with E-state index in [1.54, 1.807) is 24.4 Å². The lowest BCUT2D eigenvalue weighted by Gasteiger charge is -2.33. The molecule has 1 amide bonds. The largest absolute Gasteiger partial charge is 0.493 e. The van der Waals surface area contributed by atoms with E-state index in [0.717, 1.165) is 6.54 Å². The average Bonchev–Trinajstić information content (AvgIpc) is 3.38. The van der Waals surface area contributed by atoms with Crippen LogP contribution in [0.2, 0.25) is 0 Å². The first-order valence-electron chi connectivity index (χ1n) is 13.9. The van der Waals surface area contributed by atoms with E-state index in [1.165, 1.54) is 28.2 Å². The molecule has 0 atom stereocenters. The number of aromatic nitrogens is 5. The van der Waals surface area contributed by atoms with Gasteiger partial charge in [0.25, 0.3) is 11.5 Å². The Morgan fingerprint density at radius 1 is 1.12 bits per heavy atom. The number of nitrogens with zero attached hydrogens (tertiary/aromatic N) is 6. The fourth-order valence-corrected chi connectivity index (χ4v) is 6.32. The first kappa shape index (κ1) is 29.4. The molecule has 0 aliphatic carbocycles. The van der Waals surface area contributed by atoms with Gasteiger partial charge in [0.15, 0.2) is 11.2 Å². The second kappa shape index (κ2) is 12.4. The second-order valence-corrected chi connectivity index (χ2v) is 11.8. The van der Waals surface area contributed by atoms with Crippen LogP contribution in [0.5, 0.6) is 5.75 Å². The average molecular weight is 595 g/mol. The SMILES string of the molecule is CCCOc1ccc(S(=O)(=O)N2CCN(CC)CC2)cc1-c1nc2c(C(=O)NC)nn(Cc3ccccn3)c2c(=O)[nH]1. The zero-order valence-corrected chi connectivity index (χ0v) is 24.6. The third-order valence-electron chi connectivity index (χ3n) is 7.16. The molecule has 4 heterocycles.